The molecule has 0 atom stereocenters. The summed E-state index contributed by atoms with van der Waals surface area (Å²) in [5, 5.41) is 7.38. The number of esters is 1. The van der Waals surface area contributed by atoms with Gasteiger partial charge in [-0.1, -0.05) is 18.2 Å². The minimum atomic E-state index is -0.728. The molecule has 0 saturated carbocycles. The first-order valence-electron chi connectivity index (χ1n) is 8.55. The Bertz CT molecular complexity index is 1270. The molecule has 3 heterocycles. The smallest absolute Gasteiger partial charge is 0.349 e. The molecule has 3 aromatic heterocycles. The van der Waals surface area contributed by atoms with Gasteiger partial charge < -0.3 is 14.5 Å². The molecule has 0 bridgehead atoms. The van der Waals surface area contributed by atoms with Crippen LogP contribution >= 0.6 is 0 Å². The Balaban J connectivity index is 1.67. The van der Waals surface area contributed by atoms with Gasteiger partial charge in [-0.3, -0.25) is 4.79 Å². The highest BCUT2D eigenvalue weighted by atomic mass is 16.5. The minimum Gasteiger partial charge on any atom is -0.462 e. The third-order valence-corrected chi connectivity index (χ3v) is 4.16. The van der Waals surface area contributed by atoms with Crippen LogP contribution in [0.15, 0.2) is 64.1 Å². The van der Waals surface area contributed by atoms with Gasteiger partial charge in [0.15, 0.2) is 0 Å². The van der Waals surface area contributed by atoms with Crippen molar-refractivity contribution in [3.8, 4) is 0 Å². The first-order chi connectivity index (χ1) is 13.6. The predicted octanol–water partition coefficient (Wildman–Crippen LogP) is 2.87. The number of fused-ring (bicyclic) bond motifs is 2. The van der Waals surface area contributed by atoms with Gasteiger partial charge in [0.25, 0.3) is 5.91 Å². The number of amides is 1. The van der Waals surface area contributed by atoms with Crippen molar-refractivity contribution in [2.75, 3.05) is 11.9 Å². The lowest BCUT2D eigenvalue weighted by Gasteiger charge is -2.06. The minimum absolute atomic E-state index is 0.113. The van der Waals surface area contributed by atoms with Crippen LogP contribution in [0, 0.1) is 0 Å². The summed E-state index contributed by atoms with van der Waals surface area (Å²) in [6.45, 7) is 1.95. The fourth-order valence-electron chi connectivity index (χ4n) is 2.84. The molecule has 4 rings (SSSR count). The largest absolute Gasteiger partial charge is 0.462 e. The molecule has 8 nitrogen and oxygen atoms in total. The van der Waals surface area contributed by atoms with Gasteiger partial charge in [0.1, 0.15) is 16.7 Å². The van der Waals surface area contributed by atoms with Crippen molar-refractivity contribution in [2.45, 2.75) is 6.92 Å². The number of anilines is 1. The van der Waals surface area contributed by atoms with Crippen molar-refractivity contribution in [1.82, 2.24) is 9.61 Å². The van der Waals surface area contributed by atoms with E-state index in [0.717, 1.165) is 0 Å². The summed E-state index contributed by atoms with van der Waals surface area (Å²) in [5.74, 6) is -1.11. The first kappa shape index (κ1) is 17.5. The molecule has 4 aromatic rings. The van der Waals surface area contributed by atoms with E-state index in [9.17, 15) is 14.4 Å². The summed E-state index contributed by atoms with van der Waals surface area (Å²) < 4.78 is 11.7. The predicted molar refractivity (Wildman–Crippen MR) is 102 cm³/mol. The monoisotopic (exact) mass is 377 g/mol. The summed E-state index contributed by atoms with van der Waals surface area (Å²) in [5.41, 5.74) is 0.719. The Hall–Kier alpha value is -3.94. The maximum Gasteiger partial charge on any atom is 0.349 e. The average molecular weight is 377 g/mol. The fourth-order valence-corrected chi connectivity index (χ4v) is 2.84. The van der Waals surface area contributed by atoms with Gasteiger partial charge in [-0.2, -0.15) is 5.10 Å². The molecular formula is C20H15N3O5. The number of pyridine rings is 1. The molecule has 28 heavy (non-hydrogen) atoms. The molecule has 0 aliphatic heterocycles. The Morgan fingerprint density at radius 2 is 2.00 bits per heavy atom. The standard InChI is InChI=1S/C20H15N3O5/c1-2-27-19(25)15-11-21-23-8-7-13(10-16(15)23)22-18(24)14-9-12-5-3-4-6-17(12)28-20(14)26/h3-11H,2H2,1H3,(H,22,24). The van der Waals surface area contributed by atoms with Crippen LogP contribution in [0.1, 0.15) is 27.6 Å². The highest BCUT2D eigenvalue weighted by molar-refractivity contribution is 6.06. The van der Waals surface area contributed by atoms with Gasteiger partial charge in [0, 0.05) is 17.3 Å². The molecule has 1 aromatic carbocycles. The van der Waals surface area contributed by atoms with Gasteiger partial charge in [-0.05, 0) is 31.2 Å². The van der Waals surface area contributed by atoms with E-state index in [1.54, 1.807) is 49.5 Å². The summed E-state index contributed by atoms with van der Waals surface area (Å²) in [6.07, 6.45) is 2.99. The Kier molecular flexibility index (Phi) is 4.36. The number of carbonyl (C=O) groups excluding carboxylic acids is 2. The summed E-state index contributed by atoms with van der Waals surface area (Å²) in [4.78, 5) is 36.8. The van der Waals surface area contributed by atoms with Crippen LogP contribution in [0.2, 0.25) is 0 Å². The molecular weight excluding hydrogens is 362 g/mol. The second kappa shape index (κ2) is 6.99. The molecule has 0 fully saturated rings. The Morgan fingerprint density at radius 1 is 1.18 bits per heavy atom. The Morgan fingerprint density at radius 3 is 2.82 bits per heavy atom. The first-order valence-corrected chi connectivity index (χ1v) is 8.55. The van der Waals surface area contributed by atoms with E-state index in [1.807, 2.05) is 0 Å². The van der Waals surface area contributed by atoms with E-state index >= 15 is 0 Å². The molecule has 0 radical (unpaired) electrons. The van der Waals surface area contributed by atoms with Crippen LogP contribution < -0.4 is 10.9 Å². The maximum absolute atomic E-state index is 12.6. The number of para-hydroxylation sites is 1. The number of rotatable bonds is 4. The van der Waals surface area contributed by atoms with Gasteiger partial charge in [0.05, 0.1) is 18.3 Å². The topological polar surface area (TPSA) is 103 Å². The fraction of sp³-hybridized carbons (Fsp3) is 0.100. The lowest BCUT2D eigenvalue weighted by molar-refractivity contribution is 0.0528. The molecule has 0 spiro atoms. The summed E-state index contributed by atoms with van der Waals surface area (Å²) in [6, 6.07) is 11.6. The number of carbonyl (C=O) groups is 2. The number of hydrogen-bond acceptors (Lipinski definition) is 6. The summed E-state index contributed by atoms with van der Waals surface area (Å²) >= 11 is 0. The second-order valence-corrected chi connectivity index (χ2v) is 5.96. The van der Waals surface area contributed by atoms with Crippen LogP contribution in [-0.2, 0) is 4.74 Å². The van der Waals surface area contributed by atoms with Crippen molar-refractivity contribution in [2.24, 2.45) is 0 Å². The van der Waals surface area contributed by atoms with Crippen molar-refractivity contribution in [3.63, 3.8) is 0 Å². The lowest BCUT2D eigenvalue weighted by atomic mass is 10.1. The third-order valence-electron chi connectivity index (χ3n) is 4.16. The summed E-state index contributed by atoms with van der Waals surface area (Å²) in [7, 11) is 0. The maximum atomic E-state index is 12.6. The van der Waals surface area contributed by atoms with Crippen LogP contribution in [0.3, 0.4) is 0 Å². The van der Waals surface area contributed by atoms with E-state index in [-0.39, 0.29) is 17.7 Å². The van der Waals surface area contributed by atoms with Gasteiger partial charge in [-0.15, -0.1) is 0 Å². The number of nitrogens with zero attached hydrogens (tertiary/aromatic N) is 2. The van der Waals surface area contributed by atoms with Crippen molar-refractivity contribution >= 4 is 34.0 Å². The van der Waals surface area contributed by atoms with E-state index < -0.39 is 17.5 Å². The SMILES string of the molecule is CCOC(=O)c1cnn2ccc(NC(=O)c3cc4ccccc4oc3=O)cc12. The molecule has 0 aliphatic carbocycles. The van der Waals surface area contributed by atoms with Crippen molar-refractivity contribution in [3.05, 3.63) is 76.4 Å². The molecule has 0 aliphatic rings. The van der Waals surface area contributed by atoms with Crippen LogP contribution in [0.25, 0.3) is 16.5 Å². The average Bonchev–Trinajstić information content (AvgIpc) is 3.11. The van der Waals surface area contributed by atoms with E-state index in [4.69, 9.17) is 9.15 Å². The molecule has 1 amide bonds. The quantitative estimate of drug-likeness (QED) is 0.433. The molecule has 1 N–H and O–H groups in total. The van der Waals surface area contributed by atoms with E-state index in [0.29, 0.717) is 22.2 Å². The van der Waals surface area contributed by atoms with Crippen LogP contribution in [0.4, 0.5) is 5.69 Å². The van der Waals surface area contributed by atoms with Crippen molar-refractivity contribution in [1.29, 1.82) is 0 Å². The highest BCUT2D eigenvalue weighted by Gasteiger charge is 2.17. The highest BCUT2D eigenvalue weighted by Crippen LogP contribution is 2.18. The number of benzene rings is 1. The zero-order valence-electron chi connectivity index (χ0n) is 14.8. The second-order valence-electron chi connectivity index (χ2n) is 5.96. The van der Waals surface area contributed by atoms with Gasteiger partial charge >= 0.3 is 11.6 Å². The van der Waals surface area contributed by atoms with E-state index in [2.05, 4.69) is 10.4 Å². The van der Waals surface area contributed by atoms with Gasteiger partial charge in [0.2, 0.25) is 0 Å². The van der Waals surface area contributed by atoms with Crippen LogP contribution in [-0.4, -0.2) is 28.1 Å². The Labute approximate surface area is 158 Å². The molecule has 140 valence electrons. The van der Waals surface area contributed by atoms with E-state index in [1.165, 1.54) is 16.8 Å². The number of hydrogen-bond donors (Lipinski definition) is 1. The zero-order chi connectivity index (χ0) is 19.7. The normalized spacial score (nSPS) is 10.9. The van der Waals surface area contributed by atoms with Gasteiger partial charge in [-0.25, -0.2) is 14.1 Å². The number of ether oxygens (including phenoxy) is 1. The number of nitrogens with one attached hydrogen (secondary N) is 1. The van der Waals surface area contributed by atoms with Crippen molar-refractivity contribution < 1.29 is 18.7 Å². The third kappa shape index (κ3) is 3.11. The molecule has 0 unspecified atom stereocenters. The zero-order valence-corrected chi connectivity index (χ0v) is 14.8. The lowest BCUT2D eigenvalue weighted by Crippen LogP contribution is -2.20. The molecule has 8 heteroatoms. The number of aromatic nitrogens is 2. The molecule has 0 saturated heterocycles. The van der Waals surface area contributed by atoms with Crippen LogP contribution in [0.5, 0.6) is 0 Å².